The summed E-state index contributed by atoms with van der Waals surface area (Å²) in [4.78, 5) is 25.0. The molecule has 2 heterocycles. The molecule has 0 radical (unpaired) electrons. The van der Waals surface area contributed by atoms with Crippen LogP contribution in [-0.4, -0.2) is 26.7 Å². The van der Waals surface area contributed by atoms with Gasteiger partial charge in [-0.2, -0.15) is 5.10 Å². The van der Waals surface area contributed by atoms with Crippen LogP contribution in [0.5, 0.6) is 0 Å². The molecule has 2 aliphatic rings. The van der Waals surface area contributed by atoms with E-state index in [1.54, 1.807) is 0 Å². The van der Waals surface area contributed by atoms with E-state index in [1.807, 2.05) is 60.1 Å². The van der Waals surface area contributed by atoms with Crippen molar-refractivity contribution in [1.29, 1.82) is 0 Å². The van der Waals surface area contributed by atoms with Crippen molar-refractivity contribution in [1.82, 2.24) is 20.1 Å². The number of fused-ring (bicyclic) bond motifs is 2. The van der Waals surface area contributed by atoms with Crippen molar-refractivity contribution in [3.05, 3.63) is 75.3 Å². The monoisotopic (exact) mass is 446 g/mol. The molecule has 6 nitrogen and oxygen atoms in total. The minimum absolute atomic E-state index is 0.0521. The molecule has 2 aliphatic carbocycles. The van der Waals surface area contributed by atoms with E-state index in [0.29, 0.717) is 22.0 Å². The third kappa shape index (κ3) is 2.89. The number of para-hydroxylation sites is 1. The Morgan fingerprint density at radius 2 is 1.88 bits per heavy atom. The minimum Gasteiger partial charge on any atom is -0.348 e. The fraction of sp³-hybridized carbons (Fsp3) is 0.320. The number of carbonyl (C=O) groups excluding carboxylic acids is 1. The van der Waals surface area contributed by atoms with E-state index >= 15 is 0 Å². The van der Waals surface area contributed by atoms with Gasteiger partial charge in [-0.25, -0.2) is 5.10 Å². The van der Waals surface area contributed by atoms with Crippen molar-refractivity contribution in [3.8, 4) is 0 Å². The zero-order valence-electron chi connectivity index (χ0n) is 17.7. The summed E-state index contributed by atoms with van der Waals surface area (Å²) in [5, 5.41) is 13.5. The summed E-state index contributed by atoms with van der Waals surface area (Å²) in [6.07, 6.45) is 4.07. The predicted octanol–water partition coefficient (Wildman–Crippen LogP) is 4.52. The van der Waals surface area contributed by atoms with Gasteiger partial charge in [0.05, 0.1) is 21.6 Å². The number of amides is 1. The molecular weight excluding hydrogens is 424 g/mol. The molecule has 4 aromatic rings. The lowest BCUT2D eigenvalue weighted by Crippen LogP contribution is -2.55. The van der Waals surface area contributed by atoms with Gasteiger partial charge in [0.2, 0.25) is 0 Å². The molecule has 1 amide bonds. The number of benzene rings is 2. The van der Waals surface area contributed by atoms with Gasteiger partial charge in [-0.05, 0) is 49.3 Å². The summed E-state index contributed by atoms with van der Waals surface area (Å²) in [5.74, 6) is 0.303. The number of nitrogens with one attached hydrogen (secondary N) is 2. The molecule has 2 N–H and O–H groups in total. The third-order valence-electron chi connectivity index (χ3n) is 7.40. The number of H-pyrrole nitrogens is 1. The summed E-state index contributed by atoms with van der Waals surface area (Å²) < 4.78 is 1.87. The molecule has 0 aliphatic heterocycles. The molecule has 1 spiro atoms. The number of aromatic nitrogens is 3. The van der Waals surface area contributed by atoms with Crippen LogP contribution in [0.1, 0.15) is 47.8 Å². The van der Waals surface area contributed by atoms with E-state index in [2.05, 4.69) is 15.5 Å². The fourth-order valence-corrected chi connectivity index (χ4v) is 6.20. The van der Waals surface area contributed by atoms with E-state index < -0.39 is 0 Å². The minimum atomic E-state index is -0.139. The first-order valence-electron chi connectivity index (χ1n) is 11.0. The van der Waals surface area contributed by atoms with Crippen molar-refractivity contribution in [2.24, 2.45) is 12.5 Å². The van der Waals surface area contributed by atoms with E-state index in [1.165, 1.54) is 0 Å². The van der Waals surface area contributed by atoms with Crippen LogP contribution in [0.2, 0.25) is 5.02 Å². The maximum atomic E-state index is 12.9. The van der Waals surface area contributed by atoms with Crippen LogP contribution >= 0.6 is 11.6 Å². The highest BCUT2D eigenvalue weighted by molar-refractivity contribution is 6.35. The summed E-state index contributed by atoms with van der Waals surface area (Å²) in [7, 11) is 1.88. The van der Waals surface area contributed by atoms with Crippen molar-refractivity contribution < 1.29 is 4.79 Å². The summed E-state index contributed by atoms with van der Waals surface area (Å²) in [6, 6.07) is 15.5. The Balaban J connectivity index is 1.13. The molecule has 0 unspecified atom stereocenters. The average molecular weight is 447 g/mol. The van der Waals surface area contributed by atoms with Gasteiger partial charge >= 0.3 is 0 Å². The van der Waals surface area contributed by atoms with Gasteiger partial charge in [-0.3, -0.25) is 9.59 Å². The number of aromatic amines is 1. The van der Waals surface area contributed by atoms with Crippen LogP contribution in [0.15, 0.2) is 53.3 Å². The molecule has 2 aromatic carbocycles. The van der Waals surface area contributed by atoms with Crippen molar-refractivity contribution in [3.63, 3.8) is 0 Å². The van der Waals surface area contributed by atoms with Crippen LogP contribution in [0.4, 0.5) is 0 Å². The number of halogens is 1. The van der Waals surface area contributed by atoms with Crippen molar-refractivity contribution in [2.75, 3.05) is 0 Å². The molecule has 6 rings (SSSR count). The first-order chi connectivity index (χ1) is 15.4. The van der Waals surface area contributed by atoms with Gasteiger partial charge in [0, 0.05) is 29.8 Å². The second-order valence-electron chi connectivity index (χ2n) is 9.43. The van der Waals surface area contributed by atoms with Gasteiger partial charge in [0.25, 0.3) is 11.5 Å². The number of carbonyl (C=O) groups is 1. The quantitative estimate of drug-likeness (QED) is 0.485. The number of hydrogen-bond donors (Lipinski definition) is 2. The molecule has 0 saturated heterocycles. The molecular formula is C25H23ClN4O2. The topological polar surface area (TPSA) is 79.8 Å². The largest absolute Gasteiger partial charge is 0.348 e. The maximum absolute atomic E-state index is 12.9. The van der Waals surface area contributed by atoms with Crippen LogP contribution in [0.25, 0.3) is 21.7 Å². The Morgan fingerprint density at radius 1 is 1.12 bits per heavy atom. The first-order valence-corrected chi connectivity index (χ1v) is 11.3. The van der Waals surface area contributed by atoms with Crippen LogP contribution in [0.3, 0.4) is 0 Å². The van der Waals surface area contributed by atoms with Crippen molar-refractivity contribution >= 4 is 39.2 Å². The number of aryl methyl sites for hydroxylation is 1. The smallest absolute Gasteiger partial charge is 0.272 e. The zero-order valence-corrected chi connectivity index (χ0v) is 18.4. The summed E-state index contributed by atoms with van der Waals surface area (Å²) in [5.41, 5.74) is 2.64. The van der Waals surface area contributed by atoms with E-state index in [4.69, 9.17) is 11.6 Å². The third-order valence-corrected chi connectivity index (χ3v) is 7.71. The predicted molar refractivity (Wildman–Crippen MR) is 125 cm³/mol. The number of nitrogens with zero attached hydrogens (tertiary/aromatic N) is 2. The van der Waals surface area contributed by atoms with Gasteiger partial charge in [-0.15, -0.1) is 0 Å². The molecule has 2 fully saturated rings. The lowest BCUT2D eigenvalue weighted by Gasteiger charge is -2.57. The Kier molecular flexibility index (Phi) is 4.24. The molecule has 0 atom stereocenters. The Bertz CT molecular complexity index is 1440. The molecule has 2 aromatic heterocycles. The zero-order chi connectivity index (χ0) is 22.0. The lowest BCUT2D eigenvalue weighted by molar-refractivity contribution is -0.0197. The highest BCUT2D eigenvalue weighted by Crippen LogP contribution is 2.62. The lowest BCUT2D eigenvalue weighted by atomic mass is 9.49. The molecule has 0 bridgehead atoms. The SMILES string of the molecule is Cn1c(C(=O)N[C@H]2CC3(C2)C[C@H](c2n[nH]c(=O)c4ccccc42)C3)cc2cccc(Cl)c21. The van der Waals surface area contributed by atoms with Crippen LogP contribution in [0, 0.1) is 5.41 Å². The molecule has 7 heteroatoms. The van der Waals surface area contributed by atoms with Crippen molar-refractivity contribution in [2.45, 2.75) is 37.6 Å². The Hall–Kier alpha value is -3.12. The van der Waals surface area contributed by atoms with E-state index in [0.717, 1.165) is 47.7 Å². The average Bonchev–Trinajstić information content (AvgIpc) is 3.08. The second kappa shape index (κ2) is 6.94. The molecule has 2 saturated carbocycles. The van der Waals surface area contributed by atoms with Gasteiger partial charge in [0.15, 0.2) is 0 Å². The molecule has 32 heavy (non-hydrogen) atoms. The normalized spacial score (nSPS) is 24.4. The van der Waals surface area contributed by atoms with Gasteiger partial charge < -0.3 is 9.88 Å². The highest BCUT2D eigenvalue weighted by Gasteiger charge is 2.54. The summed E-state index contributed by atoms with van der Waals surface area (Å²) >= 11 is 6.32. The van der Waals surface area contributed by atoms with Gasteiger partial charge in [-0.1, -0.05) is 41.9 Å². The maximum Gasteiger partial charge on any atom is 0.272 e. The standard InChI is InChI=1S/C25H23ClN4O2/c1-30-20(9-14-5-4-8-19(26)22(14)30)24(32)27-16-12-25(13-16)10-15(11-25)21-17-6-2-3-7-18(17)23(31)29-28-21/h2-9,15-16H,10-13H2,1H3,(H,27,32)(H,29,31)/t15-,16-,25?. The van der Waals surface area contributed by atoms with E-state index in [9.17, 15) is 9.59 Å². The fourth-order valence-electron chi connectivity index (χ4n) is 5.89. The number of hydrogen-bond acceptors (Lipinski definition) is 3. The van der Waals surface area contributed by atoms with Gasteiger partial charge in [0.1, 0.15) is 5.69 Å². The molecule has 162 valence electrons. The van der Waals surface area contributed by atoms with Crippen LogP contribution in [-0.2, 0) is 7.05 Å². The summed E-state index contributed by atoms with van der Waals surface area (Å²) in [6.45, 7) is 0. The Morgan fingerprint density at radius 3 is 2.62 bits per heavy atom. The van der Waals surface area contributed by atoms with Crippen LogP contribution < -0.4 is 10.9 Å². The highest BCUT2D eigenvalue weighted by atomic mass is 35.5. The number of rotatable bonds is 3. The van der Waals surface area contributed by atoms with E-state index in [-0.39, 0.29) is 22.9 Å². The Labute approximate surface area is 189 Å². The second-order valence-corrected chi connectivity index (χ2v) is 9.84. The first kappa shape index (κ1) is 19.6.